The van der Waals surface area contributed by atoms with E-state index in [4.69, 9.17) is 16.3 Å². The molecule has 2 aliphatic carbocycles. The van der Waals surface area contributed by atoms with Crippen LogP contribution in [0.3, 0.4) is 0 Å². The Bertz CT molecular complexity index is 631. The van der Waals surface area contributed by atoms with Gasteiger partial charge in [-0.15, -0.1) is 11.6 Å². The van der Waals surface area contributed by atoms with E-state index in [9.17, 15) is 9.18 Å². The molecule has 0 amide bonds. The molecule has 4 heteroatoms. The number of benzene rings is 1. The molecule has 22 heavy (non-hydrogen) atoms. The number of halogens is 2. The average Bonchev–Trinajstić information content (AvgIpc) is 3.35. The number of rotatable bonds is 5. The lowest BCUT2D eigenvalue weighted by atomic mass is 9.74. The topological polar surface area (TPSA) is 26.3 Å². The number of hydrogen-bond donors (Lipinski definition) is 0. The Labute approximate surface area is 134 Å². The van der Waals surface area contributed by atoms with Crippen molar-refractivity contribution in [2.24, 2.45) is 5.92 Å². The van der Waals surface area contributed by atoms with Crippen LogP contribution in [-0.4, -0.2) is 17.8 Å². The first-order valence-electron chi connectivity index (χ1n) is 7.56. The van der Waals surface area contributed by atoms with Gasteiger partial charge in [0.15, 0.2) is 4.87 Å². The standard InChI is InChI=1S/C18H18ClFO2/c1-2-22-16-10-9-15(12-3-4-12)17(18(16,19)11-21)13-5-7-14(20)8-6-13/h5-12,17H,2-4H2,1H3. The number of hydrogen-bond acceptors (Lipinski definition) is 2. The average molecular weight is 321 g/mol. The summed E-state index contributed by atoms with van der Waals surface area (Å²) in [6.45, 7) is 2.30. The maximum Gasteiger partial charge on any atom is 0.167 e. The normalized spacial score (nSPS) is 27.9. The van der Waals surface area contributed by atoms with Gasteiger partial charge in [-0.25, -0.2) is 4.39 Å². The van der Waals surface area contributed by atoms with Gasteiger partial charge in [0.1, 0.15) is 17.9 Å². The van der Waals surface area contributed by atoms with Gasteiger partial charge < -0.3 is 9.53 Å². The highest BCUT2D eigenvalue weighted by atomic mass is 35.5. The van der Waals surface area contributed by atoms with Crippen molar-refractivity contribution in [3.05, 3.63) is 59.1 Å². The SMILES string of the molecule is CCOC1=CC=C(C2CC2)C(c2ccc(F)cc2)C1(Cl)C=O. The first-order valence-corrected chi connectivity index (χ1v) is 7.93. The fraction of sp³-hybridized carbons (Fsp3) is 0.389. The van der Waals surface area contributed by atoms with E-state index in [0.29, 0.717) is 18.3 Å². The van der Waals surface area contributed by atoms with Crippen LogP contribution in [0.2, 0.25) is 0 Å². The van der Waals surface area contributed by atoms with Gasteiger partial charge in [-0.2, -0.15) is 0 Å². The highest BCUT2D eigenvalue weighted by Gasteiger charge is 2.49. The molecule has 0 saturated heterocycles. The predicted octanol–water partition coefficient (Wildman–Crippen LogP) is 4.36. The highest BCUT2D eigenvalue weighted by Crippen LogP contribution is 2.53. The van der Waals surface area contributed by atoms with E-state index in [1.165, 1.54) is 12.1 Å². The summed E-state index contributed by atoms with van der Waals surface area (Å²) < 4.78 is 18.8. The van der Waals surface area contributed by atoms with Crippen LogP contribution in [0.1, 0.15) is 31.2 Å². The third kappa shape index (κ3) is 2.58. The van der Waals surface area contributed by atoms with Gasteiger partial charge in [0.2, 0.25) is 0 Å². The van der Waals surface area contributed by atoms with Gasteiger partial charge in [0, 0.05) is 5.92 Å². The Morgan fingerprint density at radius 1 is 1.32 bits per heavy atom. The van der Waals surface area contributed by atoms with Crippen molar-refractivity contribution in [3.8, 4) is 0 Å². The van der Waals surface area contributed by atoms with Crippen LogP contribution < -0.4 is 0 Å². The van der Waals surface area contributed by atoms with Gasteiger partial charge in [-0.3, -0.25) is 0 Å². The second-order valence-corrected chi connectivity index (χ2v) is 6.40. The van der Waals surface area contributed by atoms with E-state index in [2.05, 4.69) is 0 Å². The van der Waals surface area contributed by atoms with Crippen molar-refractivity contribution < 1.29 is 13.9 Å². The Kier molecular flexibility index (Phi) is 4.09. The van der Waals surface area contributed by atoms with Crippen LogP contribution in [0.25, 0.3) is 0 Å². The number of carbonyl (C=O) groups is 1. The number of allylic oxidation sites excluding steroid dienone is 4. The fourth-order valence-corrected chi connectivity index (χ4v) is 3.47. The van der Waals surface area contributed by atoms with Gasteiger partial charge in [0.25, 0.3) is 0 Å². The lowest BCUT2D eigenvalue weighted by Crippen LogP contribution is -2.39. The number of ether oxygens (including phenoxy) is 1. The molecule has 0 heterocycles. The molecule has 1 fully saturated rings. The zero-order chi connectivity index (χ0) is 15.7. The fourth-order valence-electron chi connectivity index (χ4n) is 3.10. The molecule has 0 aliphatic heterocycles. The molecule has 0 aromatic heterocycles. The van der Waals surface area contributed by atoms with Crippen molar-refractivity contribution in [1.29, 1.82) is 0 Å². The van der Waals surface area contributed by atoms with Crippen molar-refractivity contribution in [2.75, 3.05) is 6.61 Å². The molecule has 0 N–H and O–H groups in total. The minimum absolute atomic E-state index is 0.302. The predicted molar refractivity (Wildman–Crippen MR) is 84.3 cm³/mol. The minimum Gasteiger partial charge on any atom is -0.496 e. The molecule has 1 saturated carbocycles. The van der Waals surface area contributed by atoms with E-state index in [0.717, 1.165) is 30.3 Å². The summed E-state index contributed by atoms with van der Waals surface area (Å²) in [4.78, 5) is 10.6. The molecule has 0 bridgehead atoms. The van der Waals surface area contributed by atoms with Crippen molar-refractivity contribution in [1.82, 2.24) is 0 Å². The Morgan fingerprint density at radius 3 is 2.55 bits per heavy atom. The molecule has 1 aromatic rings. The number of aldehydes is 1. The first-order chi connectivity index (χ1) is 10.6. The van der Waals surface area contributed by atoms with E-state index >= 15 is 0 Å². The lowest BCUT2D eigenvalue weighted by molar-refractivity contribution is -0.110. The number of carbonyl (C=O) groups excluding carboxylic acids is 1. The number of alkyl halides is 1. The third-order valence-corrected chi connectivity index (χ3v) is 4.78. The molecule has 2 unspecified atom stereocenters. The van der Waals surface area contributed by atoms with Crippen LogP contribution in [0.4, 0.5) is 4.39 Å². The summed E-state index contributed by atoms with van der Waals surface area (Å²) in [5.74, 6) is 0.299. The summed E-state index contributed by atoms with van der Waals surface area (Å²) in [5, 5.41) is 0. The molecular weight excluding hydrogens is 303 g/mol. The van der Waals surface area contributed by atoms with E-state index in [1.54, 1.807) is 18.2 Å². The van der Waals surface area contributed by atoms with Crippen molar-refractivity contribution in [2.45, 2.75) is 30.6 Å². The second-order valence-electron chi connectivity index (χ2n) is 5.78. The van der Waals surface area contributed by atoms with E-state index in [1.807, 2.05) is 13.0 Å². The molecule has 116 valence electrons. The van der Waals surface area contributed by atoms with E-state index < -0.39 is 4.87 Å². The summed E-state index contributed by atoms with van der Waals surface area (Å²) in [7, 11) is 0. The molecule has 2 atom stereocenters. The Hall–Kier alpha value is -1.61. The van der Waals surface area contributed by atoms with E-state index in [-0.39, 0.29) is 11.7 Å². The third-order valence-electron chi connectivity index (χ3n) is 4.28. The summed E-state index contributed by atoms with van der Waals surface area (Å²) in [6, 6.07) is 6.21. The Balaban J connectivity index is 2.09. The molecular formula is C18H18ClFO2. The van der Waals surface area contributed by atoms with Crippen LogP contribution in [-0.2, 0) is 9.53 Å². The zero-order valence-electron chi connectivity index (χ0n) is 12.4. The highest BCUT2D eigenvalue weighted by molar-refractivity contribution is 6.34. The molecule has 2 nitrogen and oxygen atoms in total. The quantitative estimate of drug-likeness (QED) is 0.595. The molecule has 2 aliphatic rings. The van der Waals surface area contributed by atoms with Crippen LogP contribution in [0.15, 0.2) is 47.7 Å². The molecule has 1 aromatic carbocycles. The van der Waals surface area contributed by atoms with Crippen molar-refractivity contribution >= 4 is 17.9 Å². The van der Waals surface area contributed by atoms with Crippen molar-refractivity contribution in [3.63, 3.8) is 0 Å². The Morgan fingerprint density at radius 2 is 2.00 bits per heavy atom. The largest absolute Gasteiger partial charge is 0.496 e. The van der Waals surface area contributed by atoms with Gasteiger partial charge in [-0.1, -0.05) is 23.8 Å². The monoisotopic (exact) mass is 320 g/mol. The minimum atomic E-state index is -1.26. The first kappa shape index (κ1) is 15.3. The summed E-state index contributed by atoms with van der Waals surface area (Å²) in [6.07, 6.45) is 6.78. The molecule has 0 spiro atoms. The molecule has 3 rings (SSSR count). The second kappa shape index (κ2) is 5.88. The van der Waals surface area contributed by atoms with Crippen LogP contribution in [0.5, 0.6) is 0 Å². The molecule has 0 radical (unpaired) electrons. The smallest absolute Gasteiger partial charge is 0.167 e. The zero-order valence-corrected chi connectivity index (χ0v) is 13.1. The van der Waals surface area contributed by atoms with Gasteiger partial charge >= 0.3 is 0 Å². The van der Waals surface area contributed by atoms with Gasteiger partial charge in [-0.05, 0) is 49.5 Å². The maximum atomic E-state index is 13.2. The van der Waals surface area contributed by atoms with Crippen LogP contribution in [0, 0.1) is 11.7 Å². The summed E-state index contributed by atoms with van der Waals surface area (Å²) >= 11 is 6.72. The lowest BCUT2D eigenvalue weighted by Gasteiger charge is -2.37. The summed E-state index contributed by atoms with van der Waals surface area (Å²) in [5.41, 5.74) is 1.98. The maximum absolute atomic E-state index is 13.2. The van der Waals surface area contributed by atoms with Gasteiger partial charge in [0.05, 0.1) is 6.61 Å². The van der Waals surface area contributed by atoms with Crippen LogP contribution >= 0.6 is 11.6 Å².